The van der Waals surface area contributed by atoms with Crippen LogP contribution in [0.25, 0.3) is 0 Å². The maximum atomic E-state index is 6.36. The topological polar surface area (TPSA) is 42.5 Å². The van der Waals surface area contributed by atoms with Gasteiger partial charge in [-0.15, -0.1) is 0 Å². The number of benzene rings is 1. The van der Waals surface area contributed by atoms with E-state index in [1.807, 2.05) is 19.2 Å². The molecule has 1 saturated heterocycles. The summed E-state index contributed by atoms with van der Waals surface area (Å²) in [5.74, 6) is 1.90. The molecule has 1 spiro atoms. The van der Waals surface area contributed by atoms with Crippen molar-refractivity contribution in [2.24, 2.45) is 0 Å². The van der Waals surface area contributed by atoms with Gasteiger partial charge in [-0.2, -0.15) is 0 Å². The fourth-order valence-electron chi connectivity index (χ4n) is 3.22. The molecule has 0 radical (unpaired) electrons. The summed E-state index contributed by atoms with van der Waals surface area (Å²) in [7, 11) is 3.72. The summed E-state index contributed by atoms with van der Waals surface area (Å²) in [6.45, 7) is 2.09. The van der Waals surface area contributed by atoms with Gasteiger partial charge >= 0.3 is 0 Å². The van der Waals surface area contributed by atoms with Crippen molar-refractivity contribution in [3.8, 4) is 11.5 Å². The van der Waals surface area contributed by atoms with E-state index in [2.05, 4.69) is 16.7 Å². The summed E-state index contributed by atoms with van der Waals surface area (Å²) < 4.78 is 11.7. The van der Waals surface area contributed by atoms with Crippen LogP contribution in [0, 0.1) is 0 Å². The van der Waals surface area contributed by atoms with E-state index in [0.717, 1.165) is 43.9 Å². The fraction of sp³-hybridized carbons (Fsp3) is 0.600. The summed E-state index contributed by atoms with van der Waals surface area (Å²) in [5.41, 5.74) is 1.21. The van der Waals surface area contributed by atoms with E-state index in [9.17, 15) is 0 Å². The minimum absolute atomic E-state index is 0.000511. The smallest absolute Gasteiger partial charge is 0.125 e. The van der Waals surface area contributed by atoms with Crippen molar-refractivity contribution in [1.82, 2.24) is 10.6 Å². The Morgan fingerprint density at radius 2 is 2.16 bits per heavy atom. The summed E-state index contributed by atoms with van der Waals surface area (Å²) in [4.78, 5) is 0. The Morgan fingerprint density at radius 1 is 1.37 bits per heavy atom. The van der Waals surface area contributed by atoms with Gasteiger partial charge in [0.2, 0.25) is 0 Å². The normalized spacial score (nSPS) is 24.6. The van der Waals surface area contributed by atoms with E-state index < -0.39 is 0 Å². The molecular weight excluding hydrogens is 240 g/mol. The highest BCUT2D eigenvalue weighted by Crippen LogP contribution is 2.44. The van der Waals surface area contributed by atoms with Crippen LogP contribution < -0.4 is 20.1 Å². The highest BCUT2D eigenvalue weighted by atomic mass is 16.5. The van der Waals surface area contributed by atoms with Crippen LogP contribution in [-0.4, -0.2) is 32.8 Å². The van der Waals surface area contributed by atoms with E-state index in [1.54, 1.807) is 7.11 Å². The molecule has 3 rings (SSSR count). The summed E-state index contributed by atoms with van der Waals surface area (Å²) in [6, 6.07) is 6.45. The third-order valence-electron chi connectivity index (χ3n) is 4.36. The van der Waals surface area contributed by atoms with Gasteiger partial charge in [0.05, 0.1) is 7.11 Å². The zero-order valence-electron chi connectivity index (χ0n) is 11.7. The van der Waals surface area contributed by atoms with Crippen LogP contribution in [0.4, 0.5) is 0 Å². The van der Waals surface area contributed by atoms with Crippen molar-refractivity contribution >= 4 is 0 Å². The molecular formula is C15H22N2O2. The molecule has 4 nitrogen and oxygen atoms in total. The lowest BCUT2D eigenvalue weighted by Gasteiger charge is -2.44. The monoisotopic (exact) mass is 262 g/mol. The van der Waals surface area contributed by atoms with E-state index in [-0.39, 0.29) is 5.60 Å². The second kappa shape index (κ2) is 5.02. The van der Waals surface area contributed by atoms with Gasteiger partial charge in [-0.1, -0.05) is 0 Å². The number of hydrogen-bond donors (Lipinski definition) is 2. The lowest BCUT2D eigenvalue weighted by Crippen LogP contribution is -2.50. The highest BCUT2D eigenvalue weighted by Gasteiger charge is 2.41. The average Bonchev–Trinajstić information content (AvgIpc) is 2.47. The Kier molecular flexibility index (Phi) is 3.37. The Hall–Kier alpha value is -1.26. The van der Waals surface area contributed by atoms with Crippen molar-refractivity contribution in [1.29, 1.82) is 0 Å². The van der Waals surface area contributed by atoms with Crippen molar-refractivity contribution < 1.29 is 9.47 Å². The van der Waals surface area contributed by atoms with Gasteiger partial charge in [0, 0.05) is 18.0 Å². The molecule has 0 aliphatic carbocycles. The predicted molar refractivity (Wildman–Crippen MR) is 74.9 cm³/mol. The minimum Gasteiger partial charge on any atom is -0.497 e. The number of ether oxygens (including phenoxy) is 2. The molecule has 1 aromatic rings. The predicted octanol–water partition coefficient (Wildman–Crippen LogP) is 1.86. The maximum Gasteiger partial charge on any atom is 0.125 e. The molecule has 1 aromatic carbocycles. The number of hydrogen-bond acceptors (Lipinski definition) is 4. The SMILES string of the molecule is CNC1CC2(CCNCC2)Oc2ccc(OC)cc21. The Bertz CT molecular complexity index is 455. The molecule has 0 aromatic heterocycles. The highest BCUT2D eigenvalue weighted by molar-refractivity contribution is 5.44. The van der Waals surface area contributed by atoms with Gasteiger partial charge in [0.1, 0.15) is 17.1 Å². The molecule has 0 saturated carbocycles. The molecule has 104 valence electrons. The summed E-state index contributed by atoms with van der Waals surface area (Å²) in [6.07, 6.45) is 3.19. The first-order valence-electron chi connectivity index (χ1n) is 7.01. The Morgan fingerprint density at radius 3 is 2.84 bits per heavy atom. The summed E-state index contributed by atoms with van der Waals surface area (Å²) >= 11 is 0. The molecule has 19 heavy (non-hydrogen) atoms. The van der Waals surface area contributed by atoms with E-state index in [1.165, 1.54) is 5.56 Å². The molecule has 4 heteroatoms. The van der Waals surface area contributed by atoms with Gasteiger partial charge in [0.25, 0.3) is 0 Å². The van der Waals surface area contributed by atoms with Crippen molar-refractivity contribution in [2.75, 3.05) is 27.2 Å². The maximum absolute atomic E-state index is 6.36. The van der Waals surface area contributed by atoms with Crippen LogP contribution in [-0.2, 0) is 0 Å². The number of rotatable bonds is 2. The molecule has 2 N–H and O–H groups in total. The molecule has 2 heterocycles. The van der Waals surface area contributed by atoms with E-state index in [0.29, 0.717) is 6.04 Å². The molecule has 1 fully saturated rings. The second-order valence-electron chi connectivity index (χ2n) is 5.48. The first-order chi connectivity index (χ1) is 9.26. The Balaban J connectivity index is 1.94. The third-order valence-corrected chi connectivity index (χ3v) is 4.36. The van der Waals surface area contributed by atoms with Gasteiger partial charge in [0.15, 0.2) is 0 Å². The zero-order chi connectivity index (χ0) is 13.3. The number of piperidine rings is 1. The summed E-state index contributed by atoms with van der Waals surface area (Å²) in [5, 5.41) is 6.84. The standard InChI is InChI=1S/C15H22N2O2/c1-16-13-10-15(5-7-17-8-6-15)19-14-4-3-11(18-2)9-12(13)14/h3-4,9,13,16-17H,5-8,10H2,1-2H3. The van der Waals surface area contributed by atoms with E-state index in [4.69, 9.17) is 9.47 Å². The van der Waals surface area contributed by atoms with E-state index >= 15 is 0 Å². The Labute approximate surface area is 114 Å². The van der Waals surface area contributed by atoms with Crippen molar-refractivity contribution in [3.05, 3.63) is 23.8 Å². The van der Waals surface area contributed by atoms with Crippen LogP contribution >= 0.6 is 0 Å². The van der Waals surface area contributed by atoms with Crippen molar-refractivity contribution in [2.45, 2.75) is 30.9 Å². The lowest BCUT2D eigenvalue weighted by atomic mass is 9.81. The zero-order valence-corrected chi connectivity index (χ0v) is 11.7. The molecule has 2 aliphatic rings. The quantitative estimate of drug-likeness (QED) is 0.854. The molecule has 1 unspecified atom stereocenters. The van der Waals surface area contributed by atoms with Crippen LogP contribution in [0.2, 0.25) is 0 Å². The van der Waals surface area contributed by atoms with Crippen LogP contribution in [0.3, 0.4) is 0 Å². The fourth-order valence-corrected chi connectivity index (χ4v) is 3.22. The van der Waals surface area contributed by atoms with Gasteiger partial charge in [-0.3, -0.25) is 0 Å². The third kappa shape index (κ3) is 2.30. The number of fused-ring (bicyclic) bond motifs is 1. The second-order valence-corrected chi connectivity index (χ2v) is 5.48. The van der Waals surface area contributed by atoms with Gasteiger partial charge in [-0.05, 0) is 51.2 Å². The molecule has 0 bridgehead atoms. The number of nitrogens with one attached hydrogen (secondary N) is 2. The van der Waals surface area contributed by atoms with Gasteiger partial charge < -0.3 is 20.1 Å². The minimum atomic E-state index is 0.000511. The lowest BCUT2D eigenvalue weighted by molar-refractivity contribution is 0.00400. The van der Waals surface area contributed by atoms with Crippen LogP contribution in [0.15, 0.2) is 18.2 Å². The number of methoxy groups -OCH3 is 1. The van der Waals surface area contributed by atoms with Crippen LogP contribution in [0.1, 0.15) is 30.9 Å². The van der Waals surface area contributed by atoms with Crippen molar-refractivity contribution in [3.63, 3.8) is 0 Å². The first kappa shape index (κ1) is 12.8. The average molecular weight is 262 g/mol. The van der Waals surface area contributed by atoms with Gasteiger partial charge in [-0.25, -0.2) is 0 Å². The molecule has 1 atom stereocenters. The molecule has 2 aliphatic heterocycles. The van der Waals surface area contributed by atoms with Crippen LogP contribution in [0.5, 0.6) is 11.5 Å². The largest absolute Gasteiger partial charge is 0.497 e. The first-order valence-corrected chi connectivity index (χ1v) is 7.01. The molecule has 0 amide bonds.